The summed E-state index contributed by atoms with van der Waals surface area (Å²) in [5.74, 6) is 1.08. The fraction of sp³-hybridized carbons (Fsp3) is 0.700. The third-order valence-corrected chi connectivity index (χ3v) is 2.44. The van der Waals surface area contributed by atoms with Crippen LogP contribution in [0.1, 0.15) is 44.0 Å². The van der Waals surface area contributed by atoms with Gasteiger partial charge in [-0.15, -0.1) is 0 Å². The van der Waals surface area contributed by atoms with Crippen molar-refractivity contribution < 1.29 is 14.1 Å². The number of hydrogen-bond acceptors (Lipinski definition) is 5. The van der Waals surface area contributed by atoms with Crippen molar-refractivity contribution in [2.45, 2.75) is 38.7 Å². The minimum Gasteiger partial charge on any atom is -0.370 e. The molecule has 0 spiro atoms. The van der Waals surface area contributed by atoms with Crippen LogP contribution in [0, 0.1) is 0 Å². The quantitative estimate of drug-likeness (QED) is 0.752. The van der Waals surface area contributed by atoms with E-state index in [0.29, 0.717) is 18.1 Å². The number of carbonyl (C=O) groups is 1. The van der Waals surface area contributed by atoms with Gasteiger partial charge in [-0.1, -0.05) is 12.1 Å². The van der Waals surface area contributed by atoms with Crippen LogP contribution in [0.5, 0.6) is 0 Å². The van der Waals surface area contributed by atoms with Gasteiger partial charge >= 0.3 is 0 Å². The van der Waals surface area contributed by atoms with Crippen molar-refractivity contribution in [3.63, 3.8) is 0 Å². The Morgan fingerprint density at radius 1 is 1.60 bits per heavy atom. The average molecular weight is 210 g/mol. The molecular weight excluding hydrogens is 196 g/mol. The van der Waals surface area contributed by atoms with Gasteiger partial charge in [0.2, 0.25) is 11.7 Å². The van der Waals surface area contributed by atoms with Gasteiger partial charge in [-0.3, -0.25) is 4.79 Å². The zero-order valence-electron chi connectivity index (χ0n) is 8.73. The lowest BCUT2D eigenvalue weighted by Gasteiger charge is -2.00. The predicted octanol–water partition coefficient (Wildman–Crippen LogP) is 1.44. The maximum atomic E-state index is 11.2. The first kappa shape index (κ1) is 10.3. The molecule has 1 aliphatic rings. The number of rotatable bonds is 4. The van der Waals surface area contributed by atoms with Crippen molar-refractivity contribution in [3.8, 4) is 0 Å². The van der Waals surface area contributed by atoms with Gasteiger partial charge in [0, 0.05) is 13.0 Å². The summed E-state index contributed by atoms with van der Waals surface area (Å²) >= 11 is 0. The molecule has 0 aliphatic carbocycles. The lowest BCUT2D eigenvalue weighted by atomic mass is 10.2. The molecule has 5 nitrogen and oxygen atoms in total. The zero-order valence-corrected chi connectivity index (χ0v) is 8.73. The Bertz CT molecular complexity index is 342. The van der Waals surface area contributed by atoms with E-state index in [-0.39, 0.29) is 18.3 Å². The van der Waals surface area contributed by atoms with Gasteiger partial charge in [0.1, 0.15) is 11.9 Å². The lowest BCUT2D eigenvalue weighted by Crippen LogP contribution is -2.02. The molecule has 1 aliphatic heterocycles. The summed E-state index contributed by atoms with van der Waals surface area (Å²) in [5.41, 5.74) is 0. The molecule has 0 N–H and O–H groups in total. The highest BCUT2D eigenvalue weighted by Gasteiger charge is 2.23. The first-order valence-corrected chi connectivity index (χ1v) is 5.25. The maximum Gasteiger partial charge on any atom is 0.234 e. The summed E-state index contributed by atoms with van der Waals surface area (Å²) in [6.45, 7) is 2.57. The van der Waals surface area contributed by atoms with E-state index in [1.54, 1.807) is 0 Å². The third kappa shape index (κ3) is 2.41. The molecule has 1 saturated heterocycles. The molecule has 0 radical (unpaired) electrons. The Hall–Kier alpha value is -1.23. The summed E-state index contributed by atoms with van der Waals surface area (Å²) in [4.78, 5) is 15.3. The average Bonchev–Trinajstić information content (AvgIpc) is 2.85. The summed E-state index contributed by atoms with van der Waals surface area (Å²) in [6, 6.07) is 0. The van der Waals surface area contributed by atoms with E-state index in [1.165, 1.54) is 0 Å². The SMILES string of the molecule is CCC(=O)Cc1nc(C2CCCO2)no1. The van der Waals surface area contributed by atoms with E-state index in [0.717, 1.165) is 19.4 Å². The van der Waals surface area contributed by atoms with Crippen LogP contribution < -0.4 is 0 Å². The van der Waals surface area contributed by atoms with Gasteiger partial charge in [0.25, 0.3) is 0 Å². The molecule has 5 heteroatoms. The molecule has 0 amide bonds. The second-order valence-corrected chi connectivity index (χ2v) is 3.62. The number of Topliss-reactive ketones (excluding diaryl/α,β-unsaturated/α-hetero) is 1. The summed E-state index contributed by atoms with van der Waals surface area (Å²) in [6.07, 6.45) is 2.65. The molecule has 1 fully saturated rings. The van der Waals surface area contributed by atoms with Crippen LogP contribution in [-0.2, 0) is 16.0 Å². The summed E-state index contributed by atoms with van der Waals surface area (Å²) < 4.78 is 10.4. The highest BCUT2D eigenvalue weighted by molar-refractivity contribution is 5.79. The van der Waals surface area contributed by atoms with E-state index >= 15 is 0 Å². The van der Waals surface area contributed by atoms with Crippen LogP contribution in [0.3, 0.4) is 0 Å². The zero-order chi connectivity index (χ0) is 10.7. The molecule has 1 unspecified atom stereocenters. The molecule has 1 aromatic heterocycles. The van der Waals surface area contributed by atoms with E-state index < -0.39 is 0 Å². The van der Waals surface area contributed by atoms with E-state index in [9.17, 15) is 4.79 Å². The van der Waals surface area contributed by atoms with Crippen molar-refractivity contribution >= 4 is 5.78 Å². The normalized spacial score (nSPS) is 20.7. The van der Waals surface area contributed by atoms with Crippen molar-refractivity contribution in [2.24, 2.45) is 0 Å². The van der Waals surface area contributed by atoms with Gasteiger partial charge < -0.3 is 9.26 Å². The minimum absolute atomic E-state index is 0.0424. The fourth-order valence-corrected chi connectivity index (χ4v) is 1.55. The Labute approximate surface area is 87.8 Å². The fourth-order valence-electron chi connectivity index (χ4n) is 1.55. The largest absolute Gasteiger partial charge is 0.370 e. The molecule has 15 heavy (non-hydrogen) atoms. The number of nitrogens with zero attached hydrogens (tertiary/aromatic N) is 2. The Kier molecular flexibility index (Phi) is 3.11. The van der Waals surface area contributed by atoms with E-state index in [4.69, 9.17) is 9.26 Å². The van der Waals surface area contributed by atoms with Crippen molar-refractivity contribution in [1.82, 2.24) is 10.1 Å². The van der Waals surface area contributed by atoms with E-state index in [1.807, 2.05) is 6.92 Å². The van der Waals surface area contributed by atoms with Gasteiger partial charge in [-0.2, -0.15) is 4.98 Å². The Morgan fingerprint density at radius 2 is 2.47 bits per heavy atom. The topological polar surface area (TPSA) is 65.2 Å². The lowest BCUT2D eigenvalue weighted by molar-refractivity contribution is -0.118. The number of ketones is 1. The first-order valence-electron chi connectivity index (χ1n) is 5.25. The maximum absolute atomic E-state index is 11.2. The highest BCUT2D eigenvalue weighted by Crippen LogP contribution is 2.26. The molecule has 82 valence electrons. The van der Waals surface area contributed by atoms with Gasteiger partial charge in [-0.25, -0.2) is 0 Å². The van der Waals surface area contributed by atoms with Gasteiger partial charge in [0.15, 0.2) is 0 Å². The van der Waals surface area contributed by atoms with Crippen LogP contribution in [0.4, 0.5) is 0 Å². The molecule has 2 rings (SSSR count). The molecule has 1 aromatic rings. The molecular formula is C10H14N2O3. The Morgan fingerprint density at radius 3 is 3.13 bits per heavy atom. The predicted molar refractivity (Wildman–Crippen MR) is 51.2 cm³/mol. The number of aromatic nitrogens is 2. The number of ether oxygens (including phenoxy) is 1. The van der Waals surface area contributed by atoms with Crippen LogP contribution in [-0.4, -0.2) is 22.5 Å². The first-order chi connectivity index (χ1) is 7.29. The standard InChI is InChI=1S/C10H14N2O3/c1-2-7(13)6-9-11-10(12-15-9)8-4-3-5-14-8/h8H,2-6H2,1H3. The third-order valence-electron chi connectivity index (χ3n) is 2.44. The second-order valence-electron chi connectivity index (χ2n) is 3.62. The second kappa shape index (κ2) is 4.53. The smallest absolute Gasteiger partial charge is 0.234 e. The van der Waals surface area contributed by atoms with Crippen molar-refractivity contribution in [1.29, 1.82) is 0 Å². The van der Waals surface area contributed by atoms with E-state index in [2.05, 4.69) is 10.1 Å². The van der Waals surface area contributed by atoms with Crippen LogP contribution >= 0.6 is 0 Å². The molecule has 1 atom stereocenters. The highest BCUT2D eigenvalue weighted by atomic mass is 16.5. The molecule has 2 heterocycles. The van der Waals surface area contributed by atoms with Crippen LogP contribution in [0.2, 0.25) is 0 Å². The summed E-state index contributed by atoms with van der Waals surface area (Å²) in [7, 11) is 0. The molecule has 0 aromatic carbocycles. The molecule has 0 bridgehead atoms. The van der Waals surface area contributed by atoms with Crippen molar-refractivity contribution in [3.05, 3.63) is 11.7 Å². The molecule has 0 saturated carbocycles. The van der Waals surface area contributed by atoms with Crippen LogP contribution in [0.25, 0.3) is 0 Å². The van der Waals surface area contributed by atoms with Gasteiger partial charge in [0.05, 0.1) is 6.42 Å². The van der Waals surface area contributed by atoms with Crippen LogP contribution in [0.15, 0.2) is 4.52 Å². The monoisotopic (exact) mass is 210 g/mol. The number of carbonyl (C=O) groups excluding carboxylic acids is 1. The van der Waals surface area contributed by atoms with Gasteiger partial charge in [-0.05, 0) is 12.8 Å². The minimum atomic E-state index is -0.0424. The summed E-state index contributed by atoms with van der Waals surface area (Å²) in [5, 5.41) is 3.82. The Balaban J connectivity index is 2.00. The number of hydrogen-bond donors (Lipinski definition) is 0. The van der Waals surface area contributed by atoms with Crippen molar-refractivity contribution in [2.75, 3.05) is 6.61 Å².